The largest absolute Gasteiger partial charge is 0.271 e. The lowest BCUT2D eigenvalue weighted by Crippen LogP contribution is -2.15. The highest BCUT2D eigenvalue weighted by atomic mass is 32.2. The summed E-state index contributed by atoms with van der Waals surface area (Å²) >= 11 is 3.72. The van der Waals surface area contributed by atoms with Gasteiger partial charge in [-0.15, -0.1) is 23.5 Å². The number of thioether (sulfide) groups is 2. The molecule has 0 aromatic heterocycles. The third-order valence-corrected chi connectivity index (χ3v) is 12.4. The second-order valence-electron chi connectivity index (χ2n) is 14.5. The van der Waals surface area contributed by atoms with E-state index in [4.69, 9.17) is 9.98 Å². The first-order chi connectivity index (χ1) is 21.5. The van der Waals surface area contributed by atoms with Crippen LogP contribution in [0.25, 0.3) is 44.2 Å². The van der Waals surface area contributed by atoms with Gasteiger partial charge in [0.05, 0.1) is 21.2 Å². The first-order valence-corrected chi connectivity index (χ1v) is 17.8. The van der Waals surface area contributed by atoms with Crippen molar-refractivity contribution >= 4 is 44.4 Å². The predicted molar refractivity (Wildman–Crippen MR) is 199 cm³/mol. The van der Waals surface area contributed by atoms with E-state index in [9.17, 15) is 0 Å². The molecule has 0 saturated heterocycles. The average molecular weight is 623 g/mol. The molecule has 45 heavy (non-hydrogen) atoms. The van der Waals surface area contributed by atoms with E-state index in [0.29, 0.717) is 0 Å². The van der Waals surface area contributed by atoms with Crippen LogP contribution in [-0.2, 0) is 5.41 Å². The Morgan fingerprint density at radius 3 is 1.49 bits per heavy atom. The number of hydrogen-bond donors (Lipinski definition) is 0. The zero-order chi connectivity index (χ0) is 31.1. The van der Waals surface area contributed by atoms with Crippen LogP contribution < -0.4 is 0 Å². The van der Waals surface area contributed by atoms with Gasteiger partial charge in [-0.3, -0.25) is 9.98 Å². The molecule has 0 fully saturated rings. The second kappa shape index (κ2) is 10.2. The lowest BCUT2D eigenvalue weighted by atomic mass is 9.79. The molecule has 0 atom stereocenters. The van der Waals surface area contributed by atoms with Crippen molar-refractivity contribution < 1.29 is 0 Å². The van der Waals surface area contributed by atoms with Crippen molar-refractivity contribution in [3.05, 3.63) is 119 Å². The van der Waals surface area contributed by atoms with Crippen LogP contribution in [-0.4, -0.2) is 32.7 Å². The highest BCUT2D eigenvalue weighted by Crippen LogP contribution is 2.52. The van der Waals surface area contributed by atoms with Crippen LogP contribution in [0.5, 0.6) is 0 Å². The summed E-state index contributed by atoms with van der Waals surface area (Å²) < 4.78 is 0. The second-order valence-corrected chi connectivity index (χ2v) is 16.4. The first-order valence-electron chi connectivity index (χ1n) is 15.9. The highest BCUT2D eigenvalue weighted by molar-refractivity contribution is 8.15. The van der Waals surface area contributed by atoms with Gasteiger partial charge in [0.15, 0.2) is 0 Å². The topological polar surface area (TPSA) is 24.7 Å². The Hall–Kier alpha value is -3.60. The zero-order valence-electron chi connectivity index (χ0n) is 26.9. The molecule has 5 aromatic carbocycles. The summed E-state index contributed by atoms with van der Waals surface area (Å²) in [6, 6.07) is 36.6. The molecule has 0 saturated carbocycles. The minimum atomic E-state index is -0.0997. The third kappa shape index (κ3) is 4.98. The normalized spacial score (nSPS) is 18.9. The van der Waals surface area contributed by atoms with Crippen LogP contribution in [0.1, 0.15) is 63.8 Å². The number of rotatable bonds is 4. The van der Waals surface area contributed by atoms with Crippen LogP contribution >= 0.6 is 23.5 Å². The van der Waals surface area contributed by atoms with Gasteiger partial charge in [-0.05, 0) is 95.1 Å². The first kappa shape index (κ1) is 28.8. The summed E-state index contributed by atoms with van der Waals surface area (Å²) in [6.07, 6.45) is 0. The third-order valence-electron chi connectivity index (χ3n) is 9.49. The van der Waals surface area contributed by atoms with Crippen molar-refractivity contribution in [2.45, 2.75) is 58.0 Å². The van der Waals surface area contributed by atoms with Crippen molar-refractivity contribution in [2.24, 2.45) is 9.98 Å². The summed E-state index contributed by atoms with van der Waals surface area (Å²) in [5, 5.41) is 4.95. The Morgan fingerprint density at radius 2 is 0.956 bits per heavy atom. The molecule has 0 N–H and O–H groups in total. The summed E-state index contributed by atoms with van der Waals surface area (Å²) in [4.78, 5) is 9.84. The maximum atomic E-state index is 4.93. The van der Waals surface area contributed by atoms with Crippen LogP contribution in [0.15, 0.2) is 107 Å². The molecule has 0 radical (unpaired) electrons. The van der Waals surface area contributed by atoms with E-state index in [1.54, 1.807) is 0 Å². The highest BCUT2D eigenvalue weighted by Gasteiger charge is 2.37. The molecule has 0 amide bonds. The van der Waals surface area contributed by atoms with E-state index in [-0.39, 0.29) is 16.5 Å². The molecule has 3 aliphatic rings. The maximum Gasteiger partial charge on any atom is 0.0984 e. The maximum absolute atomic E-state index is 4.93. The fraction of sp³-hybridized carbons (Fsp3) is 0.268. The number of hydrogen-bond acceptors (Lipinski definition) is 4. The van der Waals surface area contributed by atoms with E-state index >= 15 is 0 Å². The molecule has 224 valence electrons. The summed E-state index contributed by atoms with van der Waals surface area (Å²) in [5.74, 6) is 2.09. The Morgan fingerprint density at radius 1 is 0.489 bits per heavy atom. The SMILES string of the molecule is CC1(C)CSC(c2ccc(-c3ccc4c(c3)C(C)(C)c3c-4ccc4cc(-c5ccc(C6=NC(C)(C)CS6)cc5)ccc34)cc2)=N1. The van der Waals surface area contributed by atoms with Gasteiger partial charge in [-0.2, -0.15) is 0 Å². The van der Waals surface area contributed by atoms with E-state index in [1.807, 2.05) is 23.5 Å². The van der Waals surface area contributed by atoms with E-state index in [1.165, 1.54) is 66.4 Å². The van der Waals surface area contributed by atoms with E-state index in [2.05, 4.69) is 139 Å². The molecule has 1 aliphatic carbocycles. The van der Waals surface area contributed by atoms with Gasteiger partial charge >= 0.3 is 0 Å². The Bertz CT molecular complexity index is 2060. The van der Waals surface area contributed by atoms with Gasteiger partial charge in [0.1, 0.15) is 0 Å². The fourth-order valence-electron chi connectivity index (χ4n) is 7.09. The lowest BCUT2D eigenvalue weighted by molar-refractivity contribution is 0.605. The van der Waals surface area contributed by atoms with Crippen molar-refractivity contribution in [3.8, 4) is 33.4 Å². The average Bonchev–Trinajstić information content (AvgIpc) is 3.67. The molecule has 2 heterocycles. The number of fused-ring (bicyclic) bond motifs is 5. The summed E-state index contributed by atoms with van der Waals surface area (Å²) in [5.41, 5.74) is 12.9. The van der Waals surface area contributed by atoms with Crippen LogP contribution in [0.2, 0.25) is 0 Å². The van der Waals surface area contributed by atoms with Crippen LogP contribution in [0.4, 0.5) is 0 Å². The molecule has 4 heteroatoms. The molecule has 0 unspecified atom stereocenters. The Balaban J connectivity index is 1.10. The Kier molecular flexibility index (Phi) is 6.54. The molecule has 2 aliphatic heterocycles. The quantitative estimate of drug-likeness (QED) is 0.199. The monoisotopic (exact) mass is 622 g/mol. The Labute approximate surface area is 275 Å². The van der Waals surface area contributed by atoms with Crippen molar-refractivity contribution in [2.75, 3.05) is 11.5 Å². The minimum Gasteiger partial charge on any atom is -0.271 e. The van der Waals surface area contributed by atoms with Gasteiger partial charge in [0.2, 0.25) is 0 Å². The summed E-state index contributed by atoms with van der Waals surface area (Å²) in [7, 11) is 0. The molecular weight excluding hydrogens is 585 g/mol. The minimum absolute atomic E-state index is 0.0262. The van der Waals surface area contributed by atoms with Gasteiger partial charge < -0.3 is 0 Å². The molecular formula is C41H38N2S2. The van der Waals surface area contributed by atoms with E-state index < -0.39 is 0 Å². The van der Waals surface area contributed by atoms with Gasteiger partial charge in [0, 0.05) is 28.0 Å². The zero-order valence-corrected chi connectivity index (χ0v) is 28.5. The molecule has 8 rings (SSSR count). The van der Waals surface area contributed by atoms with Crippen molar-refractivity contribution in [3.63, 3.8) is 0 Å². The smallest absolute Gasteiger partial charge is 0.0984 e. The van der Waals surface area contributed by atoms with Crippen molar-refractivity contribution in [1.82, 2.24) is 0 Å². The van der Waals surface area contributed by atoms with Crippen molar-refractivity contribution in [1.29, 1.82) is 0 Å². The molecule has 0 bridgehead atoms. The van der Waals surface area contributed by atoms with Gasteiger partial charge in [-0.25, -0.2) is 0 Å². The molecule has 5 aromatic rings. The van der Waals surface area contributed by atoms with E-state index in [0.717, 1.165) is 21.6 Å². The van der Waals surface area contributed by atoms with Gasteiger partial charge in [0.25, 0.3) is 0 Å². The number of aliphatic imine (C=N–C) groups is 2. The molecule has 2 nitrogen and oxygen atoms in total. The van der Waals surface area contributed by atoms with Crippen LogP contribution in [0.3, 0.4) is 0 Å². The number of nitrogens with zero attached hydrogens (tertiary/aromatic N) is 2. The molecule has 0 spiro atoms. The summed E-state index contributed by atoms with van der Waals surface area (Å²) in [6.45, 7) is 13.6. The fourth-order valence-corrected chi connectivity index (χ4v) is 9.43. The van der Waals surface area contributed by atoms with Crippen LogP contribution in [0, 0.1) is 0 Å². The predicted octanol–water partition coefficient (Wildman–Crippen LogP) is 11.0. The number of benzene rings is 5. The standard InChI is InChI=1S/C41H38N2S2/c1-39(2)23-44-37(42-39)27-11-7-25(8-12-27)29-15-18-32-31(21-29)17-20-34-33-19-16-30(22-35(33)41(5,6)36(32)34)26-9-13-28(14-10-26)38-43-40(3,4)24-45-38/h7-22H,23-24H2,1-6H3. The van der Waals surface area contributed by atoms with Gasteiger partial charge in [-0.1, -0.05) is 98.8 Å². The lowest BCUT2D eigenvalue weighted by Gasteiger charge is -2.24.